The van der Waals surface area contributed by atoms with Gasteiger partial charge in [0.1, 0.15) is 0 Å². The number of carbonyl (C=O) groups is 1. The van der Waals surface area contributed by atoms with Crippen molar-refractivity contribution in [2.75, 3.05) is 19.6 Å². The van der Waals surface area contributed by atoms with Crippen molar-refractivity contribution in [1.29, 1.82) is 0 Å². The Balaban J connectivity index is 1.55. The molecule has 2 aliphatic rings. The molecule has 4 heterocycles. The Morgan fingerprint density at radius 3 is 2.62 bits per heavy atom. The Kier molecular flexibility index (Phi) is 4.78. The fourth-order valence-electron chi connectivity index (χ4n) is 3.45. The minimum atomic E-state index is 0.0449. The van der Waals surface area contributed by atoms with Crippen LogP contribution in [-0.2, 0) is 4.79 Å². The van der Waals surface area contributed by atoms with Crippen molar-refractivity contribution in [1.82, 2.24) is 9.91 Å². The molecule has 1 unspecified atom stereocenters. The van der Waals surface area contributed by atoms with Crippen molar-refractivity contribution in [3.63, 3.8) is 0 Å². The van der Waals surface area contributed by atoms with E-state index in [1.807, 2.05) is 0 Å². The monoisotopic (exact) mass is 359 g/mol. The molecule has 2 aliphatic heterocycles. The molecule has 0 spiro atoms. The summed E-state index contributed by atoms with van der Waals surface area (Å²) < 4.78 is 0. The van der Waals surface area contributed by atoms with E-state index in [1.54, 1.807) is 27.7 Å². The van der Waals surface area contributed by atoms with Gasteiger partial charge in [-0.15, -0.1) is 0 Å². The van der Waals surface area contributed by atoms with Crippen LogP contribution in [0, 0.1) is 0 Å². The Morgan fingerprint density at radius 2 is 1.92 bits per heavy atom. The molecule has 126 valence electrons. The van der Waals surface area contributed by atoms with Gasteiger partial charge in [0.15, 0.2) is 0 Å². The number of rotatable bonds is 4. The van der Waals surface area contributed by atoms with E-state index in [0.29, 0.717) is 6.54 Å². The molecular weight excluding hydrogens is 338 g/mol. The highest BCUT2D eigenvalue weighted by molar-refractivity contribution is 7.08. The number of carbonyl (C=O) groups excluding carboxylic acids is 1. The first kappa shape index (κ1) is 16.0. The van der Waals surface area contributed by atoms with Gasteiger partial charge in [0, 0.05) is 12.0 Å². The lowest BCUT2D eigenvalue weighted by Crippen LogP contribution is -2.40. The second-order valence-electron chi connectivity index (χ2n) is 6.41. The van der Waals surface area contributed by atoms with Crippen LogP contribution in [0.4, 0.5) is 0 Å². The van der Waals surface area contributed by atoms with Crippen LogP contribution < -0.4 is 0 Å². The zero-order valence-electron chi connectivity index (χ0n) is 13.6. The molecular formula is C18H21N3OS2. The highest BCUT2D eigenvalue weighted by Crippen LogP contribution is 2.34. The molecule has 1 saturated heterocycles. The molecule has 0 radical (unpaired) electrons. The van der Waals surface area contributed by atoms with Gasteiger partial charge < -0.3 is 0 Å². The van der Waals surface area contributed by atoms with Crippen LogP contribution >= 0.6 is 22.7 Å². The minimum Gasteiger partial charge on any atom is -0.294 e. The van der Waals surface area contributed by atoms with E-state index in [1.165, 1.54) is 24.8 Å². The van der Waals surface area contributed by atoms with Crippen LogP contribution in [0.1, 0.15) is 42.9 Å². The fraction of sp³-hybridized carbons (Fsp3) is 0.444. The molecule has 0 aromatic carbocycles. The van der Waals surface area contributed by atoms with Gasteiger partial charge in [0.25, 0.3) is 5.91 Å². The standard InChI is InChI=1S/C18H21N3OS2/c22-18(11-20-6-2-1-3-7-20)21-17(15-5-9-24-13-15)10-16(19-21)14-4-8-23-12-14/h4-5,8-9,12-13,17H,1-3,6-7,10-11H2. The smallest absolute Gasteiger partial charge is 0.257 e. The van der Waals surface area contributed by atoms with Gasteiger partial charge in [-0.1, -0.05) is 6.42 Å². The summed E-state index contributed by atoms with van der Waals surface area (Å²) in [7, 11) is 0. The van der Waals surface area contributed by atoms with Gasteiger partial charge in [-0.3, -0.25) is 9.69 Å². The van der Waals surface area contributed by atoms with Crippen molar-refractivity contribution in [3.8, 4) is 0 Å². The second kappa shape index (κ2) is 7.17. The van der Waals surface area contributed by atoms with Gasteiger partial charge in [0.05, 0.1) is 18.3 Å². The summed E-state index contributed by atoms with van der Waals surface area (Å²) in [6, 6.07) is 4.25. The highest BCUT2D eigenvalue weighted by atomic mass is 32.1. The molecule has 2 aromatic rings. The summed E-state index contributed by atoms with van der Waals surface area (Å²) in [6.45, 7) is 2.55. The number of hydrazone groups is 1. The Labute approximate surface area is 150 Å². The van der Waals surface area contributed by atoms with E-state index in [9.17, 15) is 4.79 Å². The molecule has 0 N–H and O–H groups in total. The maximum absolute atomic E-state index is 12.9. The van der Waals surface area contributed by atoms with Crippen LogP contribution in [0.5, 0.6) is 0 Å². The van der Waals surface area contributed by atoms with Gasteiger partial charge in [0.2, 0.25) is 0 Å². The molecule has 2 aromatic heterocycles. The average Bonchev–Trinajstić information content (AvgIpc) is 3.35. The number of hydrogen-bond donors (Lipinski definition) is 0. The SMILES string of the molecule is O=C(CN1CCCCC1)N1N=C(c2ccsc2)CC1c1ccsc1. The van der Waals surface area contributed by atoms with E-state index < -0.39 is 0 Å². The van der Waals surface area contributed by atoms with Crippen LogP contribution in [0.25, 0.3) is 0 Å². The first-order valence-corrected chi connectivity index (χ1v) is 10.4. The summed E-state index contributed by atoms with van der Waals surface area (Å²) in [5, 5.41) is 14.8. The first-order chi connectivity index (χ1) is 11.8. The molecule has 1 fully saturated rings. The zero-order chi connectivity index (χ0) is 16.4. The van der Waals surface area contributed by atoms with E-state index in [4.69, 9.17) is 5.10 Å². The van der Waals surface area contributed by atoms with E-state index in [-0.39, 0.29) is 11.9 Å². The molecule has 4 nitrogen and oxygen atoms in total. The molecule has 1 atom stereocenters. The summed E-state index contributed by atoms with van der Waals surface area (Å²) in [5.41, 5.74) is 3.37. The lowest BCUT2D eigenvalue weighted by molar-refractivity contribution is -0.134. The van der Waals surface area contributed by atoms with Crippen molar-refractivity contribution in [2.24, 2.45) is 5.10 Å². The third-order valence-electron chi connectivity index (χ3n) is 4.76. The normalized spacial score (nSPS) is 21.9. The Hall–Kier alpha value is -1.50. The minimum absolute atomic E-state index is 0.0449. The van der Waals surface area contributed by atoms with Gasteiger partial charge in [-0.25, -0.2) is 5.01 Å². The molecule has 6 heteroatoms. The van der Waals surface area contributed by atoms with E-state index in [0.717, 1.165) is 30.8 Å². The summed E-state index contributed by atoms with van der Waals surface area (Å²) in [5.74, 6) is 0.123. The number of likely N-dealkylation sites (tertiary alicyclic amines) is 1. The topological polar surface area (TPSA) is 35.9 Å². The summed E-state index contributed by atoms with van der Waals surface area (Å²) in [4.78, 5) is 15.2. The lowest BCUT2D eigenvalue weighted by Gasteiger charge is -2.28. The van der Waals surface area contributed by atoms with Crippen LogP contribution in [0.3, 0.4) is 0 Å². The quantitative estimate of drug-likeness (QED) is 0.828. The number of amides is 1. The van der Waals surface area contributed by atoms with Crippen LogP contribution in [-0.4, -0.2) is 41.2 Å². The molecule has 4 rings (SSSR count). The zero-order valence-corrected chi connectivity index (χ0v) is 15.2. The molecule has 0 aliphatic carbocycles. The van der Waals surface area contributed by atoms with Crippen LogP contribution in [0.2, 0.25) is 0 Å². The maximum atomic E-state index is 12.9. The summed E-state index contributed by atoms with van der Waals surface area (Å²) in [6.07, 6.45) is 4.49. The van der Waals surface area contributed by atoms with Gasteiger partial charge in [-0.05, 0) is 65.1 Å². The van der Waals surface area contributed by atoms with Gasteiger partial charge >= 0.3 is 0 Å². The van der Waals surface area contributed by atoms with E-state index >= 15 is 0 Å². The summed E-state index contributed by atoms with van der Waals surface area (Å²) >= 11 is 3.35. The lowest BCUT2D eigenvalue weighted by atomic mass is 10.0. The van der Waals surface area contributed by atoms with Crippen molar-refractivity contribution < 1.29 is 4.79 Å². The van der Waals surface area contributed by atoms with Crippen LogP contribution in [0.15, 0.2) is 38.8 Å². The highest BCUT2D eigenvalue weighted by Gasteiger charge is 2.34. The van der Waals surface area contributed by atoms with E-state index in [2.05, 4.69) is 38.6 Å². The van der Waals surface area contributed by atoms with Crippen molar-refractivity contribution in [2.45, 2.75) is 31.7 Å². The average molecular weight is 360 g/mol. The third-order valence-corrected chi connectivity index (χ3v) is 6.14. The predicted molar refractivity (Wildman–Crippen MR) is 99.7 cm³/mol. The first-order valence-electron chi connectivity index (χ1n) is 8.48. The number of piperidine rings is 1. The predicted octanol–water partition coefficient (Wildman–Crippen LogP) is 3.97. The fourth-order valence-corrected chi connectivity index (χ4v) is 4.82. The molecule has 24 heavy (non-hydrogen) atoms. The molecule has 0 bridgehead atoms. The Morgan fingerprint density at radius 1 is 1.12 bits per heavy atom. The molecule has 0 saturated carbocycles. The maximum Gasteiger partial charge on any atom is 0.257 e. The largest absolute Gasteiger partial charge is 0.294 e. The van der Waals surface area contributed by atoms with Gasteiger partial charge in [-0.2, -0.15) is 27.8 Å². The second-order valence-corrected chi connectivity index (χ2v) is 7.97. The number of nitrogens with zero attached hydrogens (tertiary/aromatic N) is 3. The van der Waals surface area contributed by atoms with Crippen molar-refractivity contribution in [3.05, 3.63) is 44.8 Å². The molecule has 1 amide bonds. The van der Waals surface area contributed by atoms with Crippen molar-refractivity contribution >= 4 is 34.3 Å². The number of thiophene rings is 2. The Bertz CT molecular complexity index is 703. The number of hydrogen-bond acceptors (Lipinski definition) is 5. The third kappa shape index (κ3) is 3.31.